The molecule has 0 fully saturated rings. The Kier molecular flexibility index (Phi) is 1.71. The summed E-state index contributed by atoms with van der Waals surface area (Å²) in [7, 11) is 0. The highest BCUT2D eigenvalue weighted by Crippen LogP contribution is 2.03. The minimum absolute atomic E-state index is 0.0155. The fourth-order valence-electron chi connectivity index (χ4n) is 0.617. The normalized spacial score (nSPS) is 13.8. The predicted molar refractivity (Wildman–Crippen MR) is 45.5 cm³/mol. The Morgan fingerprint density at radius 3 is 3.18 bits per heavy atom. The van der Waals surface area contributed by atoms with Gasteiger partial charge in [-0.25, -0.2) is 0 Å². The summed E-state index contributed by atoms with van der Waals surface area (Å²) in [6, 6.07) is -0.581. The SMILES string of the molecule is [2H]c1c(Br)c([2H])c(=O)n(CCO)c1[2H]. The lowest BCUT2D eigenvalue weighted by Gasteiger charge is -2.00. The number of rotatable bonds is 2. The Labute approximate surface area is 76.6 Å². The molecule has 0 aromatic carbocycles. The molecule has 0 atom stereocenters. The van der Waals surface area contributed by atoms with Crippen LogP contribution in [0, 0.1) is 0 Å². The Hall–Kier alpha value is -0.610. The second-order valence-electron chi connectivity index (χ2n) is 1.86. The summed E-state index contributed by atoms with van der Waals surface area (Å²) in [4.78, 5) is 11.4. The van der Waals surface area contributed by atoms with E-state index in [2.05, 4.69) is 15.9 Å². The van der Waals surface area contributed by atoms with Gasteiger partial charge in [-0.15, -0.1) is 0 Å². The Morgan fingerprint density at radius 1 is 1.82 bits per heavy atom. The molecule has 0 aliphatic heterocycles. The van der Waals surface area contributed by atoms with E-state index in [9.17, 15) is 4.79 Å². The van der Waals surface area contributed by atoms with E-state index in [-0.39, 0.29) is 35.9 Å². The number of aromatic nitrogens is 1. The van der Waals surface area contributed by atoms with E-state index in [1.807, 2.05) is 0 Å². The van der Waals surface area contributed by atoms with Crippen molar-refractivity contribution in [2.45, 2.75) is 6.54 Å². The van der Waals surface area contributed by atoms with Gasteiger partial charge in [0.05, 0.1) is 10.7 Å². The van der Waals surface area contributed by atoms with E-state index >= 15 is 0 Å². The number of nitrogens with zero attached hydrogens (tertiary/aromatic N) is 1. The molecule has 0 saturated heterocycles. The summed E-state index contributed by atoms with van der Waals surface area (Å²) >= 11 is 2.90. The van der Waals surface area contributed by atoms with Crippen LogP contribution in [-0.4, -0.2) is 16.3 Å². The lowest BCUT2D eigenvalue weighted by Crippen LogP contribution is -2.19. The summed E-state index contributed by atoms with van der Waals surface area (Å²) in [6.07, 6.45) is -0.299. The molecule has 0 aliphatic carbocycles. The highest BCUT2D eigenvalue weighted by Gasteiger charge is 1.93. The van der Waals surface area contributed by atoms with Crippen LogP contribution >= 0.6 is 15.9 Å². The van der Waals surface area contributed by atoms with Gasteiger partial charge in [-0.3, -0.25) is 4.79 Å². The van der Waals surface area contributed by atoms with Crippen molar-refractivity contribution in [3.8, 4) is 0 Å². The molecule has 1 heterocycles. The zero-order chi connectivity index (χ0) is 10.9. The van der Waals surface area contributed by atoms with E-state index in [0.29, 0.717) is 0 Å². The molecule has 0 amide bonds. The summed E-state index contributed by atoms with van der Waals surface area (Å²) < 4.78 is 23.1. The number of aliphatic hydroxyl groups excluding tert-OH is 1. The number of aliphatic hydroxyl groups is 1. The number of pyridine rings is 1. The minimum Gasteiger partial charge on any atom is -0.395 e. The van der Waals surface area contributed by atoms with Crippen LogP contribution in [0.25, 0.3) is 0 Å². The first-order chi connectivity index (χ1) is 6.50. The van der Waals surface area contributed by atoms with Crippen LogP contribution in [0.4, 0.5) is 0 Å². The van der Waals surface area contributed by atoms with Crippen LogP contribution in [0.15, 0.2) is 27.5 Å². The summed E-state index contributed by atoms with van der Waals surface area (Å²) in [5.41, 5.74) is -0.674. The fourth-order valence-corrected chi connectivity index (χ4v) is 0.876. The van der Waals surface area contributed by atoms with Gasteiger partial charge in [0.25, 0.3) is 5.56 Å². The molecule has 0 unspecified atom stereocenters. The van der Waals surface area contributed by atoms with Crippen molar-refractivity contribution in [1.29, 1.82) is 0 Å². The second-order valence-corrected chi connectivity index (χ2v) is 2.65. The van der Waals surface area contributed by atoms with Crippen molar-refractivity contribution >= 4 is 15.9 Å². The smallest absolute Gasteiger partial charge is 0.251 e. The number of hydrogen-bond donors (Lipinski definition) is 1. The summed E-state index contributed by atoms with van der Waals surface area (Å²) in [5, 5.41) is 8.64. The maximum atomic E-state index is 11.4. The highest BCUT2D eigenvalue weighted by molar-refractivity contribution is 9.10. The molecular weight excluding hydrogens is 210 g/mol. The van der Waals surface area contributed by atoms with Gasteiger partial charge < -0.3 is 9.67 Å². The van der Waals surface area contributed by atoms with Gasteiger partial charge >= 0.3 is 0 Å². The third kappa shape index (κ3) is 2.17. The average Bonchev–Trinajstić information content (AvgIpc) is 2.19. The zero-order valence-corrected chi connectivity index (χ0v) is 7.18. The maximum absolute atomic E-state index is 11.4. The van der Waals surface area contributed by atoms with Crippen LogP contribution in [0.1, 0.15) is 4.11 Å². The molecule has 0 aliphatic rings. The van der Waals surface area contributed by atoms with Crippen molar-refractivity contribution in [2.24, 2.45) is 0 Å². The van der Waals surface area contributed by atoms with Crippen LogP contribution in [-0.2, 0) is 6.54 Å². The molecule has 0 bridgehead atoms. The molecule has 1 N–H and O–H groups in total. The molecule has 1 aromatic heterocycles. The predicted octanol–water partition coefficient (Wildman–Crippen LogP) is 0.603. The molecule has 3 nitrogen and oxygen atoms in total. The lowest BCUT2D eigenvalue weighted by molar-refractivity contribution is 0.274. The molecule has 0 radical (unpaired) electrons. The number of hydrogen-bond acceptors (Lipinski definition) is 2. The van der Waals surface area contributed by atoms with E-state index in [1.54, 1.807) is 0 Å². The monoisotopic (exact) mass is 220 g/mol. The molecular formula is C7H8BrNO2. The third-order valence-electron chi connectivity index (χ3n) is 1.09. The molecule has 4 heteroatoms. The van der Waals surface area contributed by atoms with Crippen LogP contribution < -0.4 is 5.56 Å². The fraction of sp³-hybridized carbons (Fsp3) is 0.286. The minimum atomic E-state index is -0.674. The van der Waals surface area contributed by atoms with E-state index in [4.69, 9.17) is 9.22 Å². The largest absolute Gasteiger partial charge is 0.395 e. The number of halogens is 1. The highest BCUT2D eigenvalue weighted by atomic mass is 79.9. The first-order valence-corrected chi connectivity index (χ1v) is 3.77. The Bertz CT molecular complexity index is 418. The first kappa shape index (κ1) is 5.11. The molecule has 0 spiro atoms. The van der Waals surface area contributed by atoms with Crippen LogP contribution in [0.2, 0.25) is 0 Å². The van der Waals surface area contributed by atoms with Crippen LogP contribution in [0.3, 0.4) is 0 Å². The van der Waals surface area contributed by atoms with Crippen molar-refractivity contribution in [2.75, 3.05) is 6.61 Å². The Morgan fingerprint density at radius 2 is 2.55 bits per heavy atom. The topological polar surface area (TPSA) is 42.2 Å². The van der Waals surface area contributed by atoms with Gasteiger partial charge in [0.2, 0.25) is 0 Å². The van der Waals surface area contributed by atoms with Crippen LogP contribution in [0.5, 0.6) is 0 Å². The van der Waals surface area contributed by atoms with Crippen molar-refractivity contribution < 1.29 is 9.22 Å². The maximum Gasteiger partial charge on any atom is 0.251 e. The van der Waals surface area contributed by atoms with Gasteiger partial charge in [-0.2, -0.15) is 0 Å². The van der Waals surface area contributed by atoms with E-state index in [1.165, 1.54) is 0 Å². The van der Waals surface area contributed by atoms with Crippen molar-refractivity contribution in [3.63, 3.8) is 0 Å². The molecule has 60 valence electrons. The first-order valence-electron chi connectivity index (χ1n) is 4.47. The van der Waals surface area contributed by atoms with Gasteiger partial charge in [-0.1, -0.05) is 15.9 Å². The molecule has 1 aromatic rings. The van der Waals surface area contributed by atoms with Gasteiger partial charge in [-0.05, 0) is 6.04 Å². The zero-order valence-electron chi connectivity index (χ0n) is 8.59. The lowest BCUT2D eigenvalue weighted by atomic mass is 10.4. The Balaban J connectivity index is 3.52. The van der Waals surface area contributed by atoms with Crippen molar-refractivity contribution in [1.82, 2.24) is 4.57 Å². The molecule has 1 rings (SSSR count). The second kappa shape index (κ2) is 3.69. The molecule has 0 saturated carbocycles. The quantitative estimate of drug-likeness (QED) is 0.794. The van der Waals surface area contributed by atoms with E-state index < -0.39 is 5.56 Å². The van der Waals surface area contributed by atoms with Gasteiger partial charge in [0.15, 0.2) is 0 Å². The van der Waals surface area contributed by atoms with Gasteiger partial charge in [0, 0.05) is 23.2 Å². The summed E-state index contributed by atoms with van der Waals surface area (Å²) in [5.74, 6) is 0. The third-order valence-corrected chi connectivity index (χ3v) is 1.48. The molecule has 11 heavy (non-hydrogen) atoms. The standard InChI is InChI=1S/C7H8BrNO2/c8-6-1-2-9(3-4-10)7(11)5-6/h1-2,5,10H,3-4H2/i1D,2D,5D. The van der Waals surface area contributed by atoms with Gasteiger partial charge in [0.1, 0.15) is 0 Å². The van der Waals surface area contributed by atoms with Crippen molar-refractivity contribution in [3.05, 3.63) is 33.1 Å². The average molecular weight is 221 g/mol. The summed E-state index contributed by atoms with van der Waals surface area (Å²) in [6.45, 7) is -0.366. The van der Waals surface area contributed by atoms with E-state index in [0.717, 1.165) is 4.57 Å².